The fraction of sp³-hybridized carbons (Fsp3) is 0.277. The summed E-state index contributed by atoms with van der Waals surface area (Å²) < 4.78 is 141. The molecular weight excluding hydrogens is 804 g/mol. The molecule has 0 bridgehead atoms. The minimum absolute atomic E-state index is 0. The smallest absolute Gasteiger partial charge is 0.0379 e. The Hall–Kier alpha value is -4.24. The summed E-state index contributed by atoms with van der Waals surface area (Å²) in [6, 6.07) is 28.9. The fourth-order valence-electron chi connectivity index (χ4n) is 6.03. The average Bonchev–Trinajstić information content (AvgIpc) is 3.23. The molecule has 7 rings (SSSR count). The number of hydrogen-bond donors (Lipinski definition) is 0. The summed E-state index contributed by atoms with van der Waals surface area (Å²) in [5, 5.41) is 0. The van der Waals surface area contributed by atoms with Crippen molar-refractivity contribution < 1.29 is 46.4 Å². The minimum Gasteiger partial charge on any atom is -0.304 e. The van der Waals surface area contributed by atoms with Crippen LogP contribution in [0.5, 0.6) is 0 Å². The van der Waals surface area contributed by atoms with E-state index in [9.17, 15) is 5.76 Å². The van der Waals surface area contributed by atoms with E-state index in [0.717, 1.165) is 25.1 Å². The van der Waals surface area contributed by atoms with E-state index in [1.165, 1.54) is 30.5 Å². The van der Waals surface area contributed by atoms with Gasteiger partial charge >= 0.3 is 0 Å². The molecule has 0 saturated heterocycles. The number of hydrogen-bond acceptors (Lipinski definition) is 2. The van der Waals surface area contributed by atoms with Crippen LogP contribution >= 0.6 is 0 Å². The fourth-order valence-corrected chi connectivity index (χ4v) is 6.03. The number of halogens is 1. The van der Waals surface area contributed by atoms with Crippen molar-refractivity contribution in [2.24, 2.45) is 5.41 Å². The van der Waals surface area contributed by atoms with Gasteiger partial charge < -0.3 is 9.97 Å². The maximum absolute atomic E-state index is 12.9. The van der Waals surface area contributed by atoms with Gasteiger partial charge in [-0.15, -0.1) is 65.7 Å². The molecule has 0 spiro atoms. The quantitative estimate of drug-likeness (QED) is 0.161. The van der Waals surface area contributed by atoms with Crippen molar-refractivity contribution in [2.45, 2.75) is 79.7 Å². The second kappa shape index (κ2) is 16.4. The van der Waals surface area contributed by atoms with E-state index in [1.807, 2.05) is 0 Å². The molecule has 2 nitrogen and oxygen atoms in total. The van der Waals surface area contributed by atoms with Crippen molar-refractivity contribution in [2.75, 3.05) is 0 Å². The zero-order valence-corrected chi connectivity index (χ0v) is 30.6. The summed E-state index contributed by atoms with van der Waals surface area (Å²) in [5.41, 5.74) is 2.85. The summed E-state index contributed by atoms with van der Waals surface area (Å²) in [7, 11) is 0. The molecule has 0 N–H and O–H groups in total. The van der Waals surface area contributed by atoms with Gasteiger partial charge in [-0.25, -0.2) is 0 Å². The van der Waals surface area contributed by atoms with Gasteiger partial charge in [-0.1, -0.05) is 67.9 Å². The molecule has 51 heavy (non-hydrogen) atoms. The van der Waals surface area contributed by atoms with E-state index < -0.39 is 46.0 Å². The van der Waals surface area contributed by atoms with Crippen LogP contribution in [0, 0.1) is 57.6 Å². The van der Waals surface area contributed by atoms with E-state index in [0.29, 0.717) is 46.4 Å². The van der Waals surface area contributed by atoms with Gasteiger partial charge in [0.15, 0.2) is 0 Å². The number of benzene rings is 4. The van der Waals surface area contributed by atoms with Crippen molar-refractivity contribution >= 4 is 0 Å². The SMILES string of the molecule is [2H]C([2H])([2H])c1cc(C2([2H])CCC(C)(C)CC2)ccc1-c1ccc(-c2cc(-c3[c-]cccc3)ncc2C([2H])([2H])[2H])c(C([2H])([2H])[2H])c1.[2H]C([2H])([2H])c1cnc(-c2[c-]cc(F)cc2)cc1C([2H])([2H])[2H].[Ir]. The van der Waals surface area contributed by atoms with E-state index in [2.05, 4.69) is 35.9 Å². The Morgan fingerprint density at radius 1 is 0.686 bits per heavy atom. The zero-order chi connectivity index (χ0) is 48.8. The average molecular weight is 867 g/mol. The largest absolute Gasteiger partial charge is 0.304 e. The second-order valence-electron chi connectivity index (χ2n) is 13.2. The van der Waals surface area contributed by atoms with Crippen LogP contribution in [0.3, 0.4) is 0 Å². The molecule has 1 aliphatic carbocycles. The molecule has 2 heterocycles. The summed E-state index contributed by atoms with van der Waals surface area (Å²) >= 11 is 0. The Morgan fingerprint density at radius 3 is 2.06 bits per heavy atom. The first kappa shape index (κ1) is 22.0. The molecule has 1 radical (unpaired) electrons. The Morgan fingerprint density at radius 2 is 1.37 bits per heavy atom. The van der Waals surface area contributed by atoms with Gasteiger partial charge in [0, 0.05) is 60.2 Å². The van der Waals surface area contributed by atoms with Crippen LogP contribution in [0.4, 0.5) is 4.39 Å². The molecule has 1 fully saturated rings. The number of aryl methyl sites for hydroxylation is 5. The van der Waals surface area contributed by atoms with E-state index in [4.69, 9.17) is 20.6 Å². The number of pyridine rings is 2. The van der Waals surface area contributed by atoms with Gasteiger partial charge in [0.05, 0.1) is 0 Å². The molecule has 0 aliphatic heterocycles. The van der Waals surface area contributed by atoms with Crippen LogP contribution in [-0.2, 0) is 20.1 Å². The molecule has 263 valence electrons. The van der Waals surface area contributed by atoms with Crippen LogP contribution in [0.25, 0.3) is 44.8 Å². The molecule has 2 aromatic heterocycles. The molecule has 4 heteroatoms. The third-order valence-electron chi connectivity index (χ3n) is 9.10. The number of rotatable bonds is 5. The Kier molecular flexibility index (Phi) is 7.07. The van der Waals surface area contributed by atoms with Crippen molar-refractivity contribution in [3.63, 3.8) is 0 Å². The van der Waals surface area contributed by atoms with Crippen molar-refractivity contribution in [3.8, 4) is 44.8 Å². The predicted molar refractivity (Wildman–Crippen MR) is 207 cm³/mol. The first-order chi connectivity index (χ1) is 30.4. The molecule has 0 atom stereocenters. The maximum atomic E-state index is 12.9. The Bertz CT molecular complexity index is 2680. The standard InChI is InChI=1S/C34H36N.C13H11FN.Ir/c1-23-19-28(26-15-17-34(4,5)18-16-26)11-13-30(23)29-12-14-31(24(2)20-29)32-21-33(35-22-25(32)3)27-9-7-6-8-10-27;1-9-7-13(15-8-10(9)2)11-3-5-12(14)6-4-11;/h6-9,11-14,19-22,26H,15-18H2,1-5H3;3,5-8H,1-2H3;/q2*-1;/i1D3,2D3,3D3,26D;1D3,2D3;. The van der Waals surface area contributed by atoms with Crippen LogP contribution in [0.1, 0.15) is 101 Å². The normalized spacial score (nSPS) is 20.4. The zero-order valence-electron chi connectivity index (χ0n) is 44.2. The van der Waals surface area contributed by atoms with Gasteiger partial charge in [0.25, 0.3) is 0 Å². The molecule has 4 aromatic carbocycles. The number of aromatic nitrogens is 2. The predicted octanol–water partition coefficient (Wildman–Crippen LogP) is 12.8. The Balaban J connectivity index is 0.000000320. The third kappa shape index (κ3) is 9.17. The van der Waals surface area contributed by atoms with Gasteiger partial charge in [0.2, 0.25) is 0 Å². The summed E-state index contributed by atoms with van der Waals surface area (Å²) in [6.45, 7) is -8.53. The van der Waals surface area contributed by atoms with E-state index >= 15 is 0 Å². The van der Waals surface area contributed by atoms with Gasteiger partial charge in [0.1, 0.15) is 0 Å². The van der Waals surface area contributed by atoms with Gasteiger partial charge in [-0.2, -0.15) is 0 Å². The van der Waals surface area contributed by atoms with Crippen molar-refractivity contribution in [3.05, 3.63) is 155 Å². The molecule has 0 amide bonds. The first-order valence-corrected chi connectivity index (χ1v) is 16.3. The van der Waals surface area contributed by atoms with Crippen molar-refractivity contribution in [1.82, 2.24) is 9.97 Å². The molecule has 1 saturated carbocycles. The van der Waals surface area contributed by atoms with Crippen LogP contribution in [0.15, 0.2) is 103 Å². The minimum atomic E-state index is -2.65. The maximum Gasteiger partial charge on any atom is 0.0379 e. The van der Waals surface area contributed by atoms with E-state index in [-0.39, 0.29) is 70.2 Å². The van der Waals surface area contributed by atoms with E-state index in [1.54, 1.807) is 60.7 Å². The Labute approximate surface area is 340 Å². The van der Waals surface area contributed by atoms with Crippen molar-refractivity contribution in [1.29, 1.82) is 0 Å². The van der Waals surface area contributed by atoms with Crippen LogP contribution in [-0.4, -0.2) is 9.97 Å². The molecule has 1 aliphatic rings. The summed E-state index contributed by atoms with van der Waals surface area (Å²) in [5.74, 6) is -1.38. The monoisotopic (exact) mass is 867 g/mol. The molecule has 0 unspecified atom stereocenters. The van der Waals surface area contributed by atoms with Gasteiger partial charge in [-0.3, -0.25) is 4.39 Å². The first-order valence-electron chi connectivity index (χ1n) is 24.3. The summed E-state index contributed by atoms with van der Waals surface area (Å²) in [4.78, 5) is 8.30. The molecule has 6 aromatic rings. The van der Waals surface area contributed by atoms with Crippen LogP contribution < -0.4 is 0 Å². The topological polar surface area (TPSA) is 25.8 Å². The third-order valence-corrected chi connectivity index (χ3v) is 9.10. The number of nitrogens with zero attached hydrogens (tertiary/aromatic N) is 2. The second-order valence-corrected chi connectivity index (χ2v) is 13.2. The summed E-state index contributed by atoms with van der Waals surface area (Å²) in [6.07, 6.45) is 5.26. The molecular formula is C47H47FIrN2-2. The van der Waals surface area contributed by atoms with Crippen LogP contribution in [0.2, 0.25) is 0 Å². The van der Waals surface area contributed by atoms with Gasteiger partial charge in [-0.05, 0) is 133 Å².